The summed E-state index contributed by atoms with van der Waals surface area (Å²) in [7, 11) is 0. The Morgan fingerprint density at radius 3 is 2.46 bits per heavy atom. The van der Waals surface area contributed by atoms with Gasteiger partial charge in [-0.05, 0) is 72.8 Å². The fourth-order valence-electron chi connectivity index (χ4n) is 2.08. The molecule has 1 N–H and O–H groups in total. The number of nitrogens with zero attached hydrogens (tertiary/aromatic N) is 2. The fourth-order valence-corrected chi connectivity index (χ4v) is 3.01. The molecule has 6 heteroatoms. The third-order valence-corrected chi connectivity index (χ3v) is 4.44. The van der Waals surface area contributed by atoms with Gasteiger partial charge < -0.3 is 5.32 Å². The highest BCUT2D eigenvalue weighted by molar-refractivity contribution is 7.99. The minimum atomic E-state index is -0.165. The van der Waals surface area contributed by atoms with Gasteiger partial charge in [0.25, 0.3) is 5.91 Å². The van der Waals surface area contributed by atoms with E-state index in [0.717, 1.165) is 16.1 Å². The summed E-state index contributed by atoms with van der Waals surface area (Å²) in [5, 5.41) is 4.21. The monoisotopic (exact) mass is 355 g/mol. The van der Waals surface area contributed by atoms with Gasteiger partial charge in [0.1, 0.15) is 0 Å². The molecule has 0 atom stereocenters. The molecule has 24 heavy (non-hydrogen) atoms. The third kappa shape index (κ3) is 4.13. The van der Waals surface area contributed by atoms with Gasteiger partial charge in [-0.15, -0.1) is 0 Å². The van der Waals surface area contributed by atoms with Crippen LogP contribution in [0.15, 0.2) is 71.0 Å². The number of hydrogen-bond acceptors (Lipinski definition) is 4. The molecule has 1 heterocycles. The second kappa shape index (κ2) is 7.47. The lowest BCUT2D eigenvalue weighted by Gasteiger charge is -2.10. The van der Waals surface area contributed by atoms with E-state index >= 15 is 0 Å². The van der Waals surface area contributed by atoms with E-state index in [1.54, 1.807) is 42.7 Å². The number of anilines is 1. The number of amides is 1. The van der Waals surface area contributed by atoms with Crippen LogP contribution in [0.2, 0.25) is 5.02 Å². The van der Waals surface area contributed by atoms with Crippen LogP contribution in [0.5, 0.6) is 0 Å². The highest BCUT2D eigenvalue weighted by atomic mass is 35.5. The van der Waals surface area contributed by atoms with Gasteiger partial charge in [0, 0.05) is 33.6 Å². The first kappa shape index (κ1) is 16.5. The largest absolute Gasteiger partial charge is 0.322 e. The van der Waals surface area contributed by atoms with E-state index in [-0.39, 0.29) is 5.91 Å². The molecule has 2 aromatic carbocycles. The summed E-state index contributed by atoms with van der Waals surface area (Å²) >= 11 is 7.32. The third-order valence-electron chi connectivity index (χ3n) is 3.30. The molecule has 0 aliphatic carbocycles. The molecule has 0 radical (unpaired) electrons. The molecule has 1 aromatic heterocycles. The number of aromatic nitrogens is 2. The number of aryl methyl sites for hydroxylation is 1. The molecule has 0 bridgehead atoms. The average Bonchev–Trinajstić information content (AvgIpc) is 2.59. The van der Waals surface area contributed by atoms with Crippen molar-refractivity contribution >= 4 is 35.0 Å². The zero-order valence-corrected chi connectivity index (χ0v) is 14.4. The predicted molar refractivity (Wildman–Crippen MR) is 96.7 cm³/mol. The molecular weight excluding hydrogens is 342 g/mol. The van der Waals surface area contributed by atoms with Gasteiger partial charge in [0.15, 0.2) is 5.16 Å². The van der Waals surface area contributed by atoms with Gasteiger partial charge in [-0.2, -0.15) is 0 Å². The van der Waals surface area contributed by atoms with E-state index < -0.39 is 0 Å². The second-order valence-electron chi connectivity index (χ2n) is 5.07. The van der Waals surface area contributed by atoms with Crippen LogP contribution in [0.25, 0.3) is 0 Å². The number of carbonyl (C=O) groups excluding carboxylic acids is 1. The molecule has 0 saturated heterocycles. The van der Waals surface area contributed by atoms with Crippen LogP contribution >= 0.6 is 23.4 Å². The van der Waals surface area contributed by atoms with Gasteiger partial charge in [-0.3, -0.25) is 4.79 Å². The Hall–Kier alpha value is -2.37. The number of nitrogens with one attached hydrogen (secondary N) is 1. The Labute approximate surface area is 149 Å². The van der Waals surface area contributed by atoms with Crippen molar-refractivity contribution < 1.29 is 4.79 Å². The molecular formula is C18H14ClN3OS. The lowest BCUT2D eigenvalue weighted by Crippen LogP contribution is -2.12. The van der Waals surface area contributed by atoms with Gasteiger partial charge in [-0.25, -0.2) is 9.97 Å². The van der Waals surface area contributed by atoms with Gasteiger partial charge >= 0.3 is 0 Å². The van der Waals surface area contributed by atoms with Crippen LogP contribution in [-0.2, 0) is 0 Å². The van der Waals surface area contributed by atoms with Crippen molar-refractivity contribution in [2.45, 2.75) is 17.0 Å². The summed E-state index contributed by atoms with van der Waals surface area (Å²) in [6.07, 6.45) is 3.42. The van der Waals surface area contributed by atoms with Crippen LogP contribution < -0.4 is 5.32 Å². The number of rotatable bonds is 4. The summed E-state index contributed by atoms with van der Waals surface area (Å²) in [5.74, 6) is -0.165. The smallest absolute Gasteiger partial charge is 0.255 e. The van der Waals surface area contributed by atoms with Crippen molar-refractivity contribution in [3.8, 4) is 0 Å². The van der Waals surface area contributed by atoms with E-state index in [1.165, 1.54) is 11.8 Å². The molecule has 0 saturated carbocycles. The molecule has 0 unspecified atom stereocenters. The first-order chi connectivity index (χ1) is 11.6. The average molecular weight is 356 g/mol. The van der Waals surface area contributed by atoms with Crippen molar-refractivity contribution in [3.63, 3.8) is 0 Å². The molecule has 3 aromatic rings. The van der Waals surface area contributed by atoms with Crippen molar-refractivity contribution in [1.82, 2.24) is 9.97 Å². The van der Waals surface area contributed by atoms with Gasteiger partial charge in [0.05, 0.1) is 0 Å². The quantitative estimate of drug-likeness (QED) is 0.680. The summed E-state index contributed by atoms with van der Waals surface area (Å²) in [6.45, 7) is 1.95. The first-order valence-electron chi connectivity index (χ1n) is 7.24. The van der Waals surface area contributed by atoms with Crippen molar-refractivity contribution in [1.29, 1.82) is 0 Å². The highest BCUT2D eigenvalue weighted by Gasteiger charge is 2.09. The Morgan fingerprint density at radius 1 is 1.08 bits per heavy atom. The molecule has 4 nitrogen and oxygen atoms in total. The van der Waals surface area contributed by atoms with Crippen molar-refractivity contribution in [2.75, 3.05) is 5.32 Å². The van der Waals surface area contributed by atoms with Gasteiger partial charge in [-0.1, -0.05) is 11.6 Å². The SMILES string of the molecule is Cc1cc(Sc2ncccn2)ccc1NC(=O)c1ccc(Cl)cc1. The summed E-state index contributed by atoms with van der Waals surface area (Å²) in [5.41, 5.74) is 2.31. The van der Waals surface area contributed by atoms with Crippen LogP contribution in [0.3, 0.4) is 0 Å². The molecule has 1 amide bonds. The second-order valence-corrected chi connectivity index (χ2v) is 6.55. The maximum absolute atomic E-state index is 12.3. The van der Waals surface area contributed by atoms with Crippen LogP contribution in [0.1, 0.15) is 15.9 Å². The minimum absolute atomic E-state index is 0.165. The lowest BCUT2D eigenvalue weighted by molar-refractivity contribution is 0.102. The Balaban J connectivity index is 1.73. The lowest BCUT2D eigenvalue weighted by atomic mass is 10.1. The van der Waals surface area contributed by atoms with Crippen molar-refractivity contribution in [3.05, 3.63) is 77.1 Å². The zero-order valence-electron chi connectivity index (χ0n) is 12.9. The normalized spacial score (nSPS) is 10.4. The molecule has 0 aliphatic heterocycles. The zero-order chi connectivity index (χ0) is 16.9. The van der Waals surface area contributed by atoms with Crippen molar-refractivity contribution in [2.24, 2.45) is 0 Å². The summed E-state index contributed by atoms with van der Waals surface area (Å²) < 4.78 is 0. The topological polar surface area (TPSA) is 54.9 Å². The summed E-state index contributed by atoms with van der Waals surface area (Å²) in [6, 6.07) is 14.4. The van der Waals surface area contributed by atoms with Crippen LogP contribution in [0.4, 0.5) is 5.69 Å². The first-order valence-corrected chi connectivity index (χ1v) is 8.44. The molecule has 3 rings (SSSR count). The van der Waals surface area contributed by atoms with Crippen LogP contribution in [-0.4, -0.2) is 15.9 Å². The van der Waals surface area contributed by atoms with Crippen LogP contribution in [0, 0.1) is 6.92 Å². The molecule has 120 valence electrons. The minimum Gasteiger partial charge on any atom is -0.322 e. The van der Waals surface area contributed by atoms with Gasteiger partial charge in [0.2, 0.25) is 0 Å². The molecule has 0 aliphatic rings. The number of carbonyl (C=O) groups is 1. The molecule has 0 spiro atoms. The van der Waals surface area contributed by atoms with E-state index in [0.29, 0.717) is 15.7 Å². The number of benzene rings is 2. The molecule has 0 fully saturated rings. The Morgan fingerprint density at radius 2 is 1.79 bits per heavy atom. The Kier molecular flexibility index (Phi) is 5.13. The number of hydrogen-bond donors (Lipinski definition) is 1. The van der Waals surface area contributed by atoms with E-state index in [2.05, 4.69) is 15.3 Å². The fraction of sp³-hybridized carbons (Fsp3) is 0.0556. The predicted octanol–water partition coefficient (Wildman–Crippen LogP) is 4.84. The summed E-state index contributed by atoms with van der Waals surface area (Å²) in [4.78, 5) is 21.7. The Bertz CT molecular complexity index is 854. The van der Waals surface area contributed by atoms with E-state index in [9.17, 15) is 4.79 Å². The highest BCUT2D eigenvalue weighted by Crippen LogP contribution is 2.28. The standard InChI is InChI=1S/C18H14ClN3OS/c1-12-11-15(24-18-20-9-2-10-21-18)7-8-16(12)22-17(23)13-3-5-14(19)6-4-13/h2-11H,1H3,(H,22,23). The maximum Gasteiger partial charge on any atom is 0.255 e. The van der Waals surface area contributed by atoms with E-state index in [1.807, 2.05) is 25.1 Å². The van der Waals surface area contributed by atoms with E-state index in [4.69, 9.17) is 11.6 Å². The maximum atomic E-state index is 12.3. The number of halogens is 1.